The molecule has 2 aromatic carbocycles. The van der Waals surface area contributed by atoms with Crippen LogP contribution in [-0.2, 0) is 16.1 Å². The van der Waals surface area contributed by atoms with Gasteiger partial charge in [0.25, 0.3) is 11.8 Å². The summed E-state index contributed by atoms with van der Waals surface area (Å²) in [4.78, 5) is 31.8. The van der Waals surface area contributed by atoms with E-state index in [1.54, 1.807) is 24.4 Å². The highest BCUT2D eigenvalue weighted by Gasteiger charge is 2.39. The number of carbonyl (C=O) groups is 2. The highest BCUT2D eigenvalue weighted by Crippen LogP contribution is 2.32. The summed E-state index contributed by atoms with van der Waals surface area (Å²) >= 11 is 6.23. The van der Waals surface area contributed by atoms with E-state index in [1.165, 1.54) is 4.90 Å². The van der Waals surface area contributed by atoms with Gasteiger partial charge in [-0.1, -0.05) is 54.1 Å². The SMILES string of the molecule is Cc1ccc(NC2=C(c3ccccc3)C(=O)N(Cc3ccccn3)C2=O)cc1Cl. The van der Waals surface area contributed by atoms with Gasteiger partial charge in [0.2, 0.25) is 0 Å². The lowest BCUT2D eigenvalue weighted by Gasteiger charge is -2.15. The predicted octanol–water partition coefficient (Wildman–Crippen LogP) is 4.44. The minimum absolute atomic E-state index is 0.106. The smallest absolute Gasteiger partial charge is 0.278 e. The molecule has 1 aliphatic rings. The van der Waals surface area contributed by atoms with Gasteiger partial charge >= 0.3 is 0 Å². The van der Waals surface area contributed by atoms with Crippen LogP contribution in [0.5, 0.6) is 0 Å². The normalized spacial score (nSPS) is 13.9. The van der Waals surface area contributed by atoms with Crippen LogP contribution in [-0.4, -0.2) is 21.7 Å². The predicted molar refractivity (Wildman–Crippen MR) is 113 cm³/mol. The molecule has 1 aliphatic heterocycles. The van der Waals surface area contributed by atoms with E-state index in [1.807, 2.05) is 55.5 Å². The molecular formula is C23H18ClN3O2. The fourth-order valence-electron chi connectivity index (χ4n) is 3.18. The van der Waals surface area contributed by atoms with Crippen LogP contribution in [0.15, 0.2) is 78.6 Å². The molecule has 0 bridgehead atoms. The number of nitrogens with one attached hydrogen (secondary N) is 1. The average Bonchev–Trinajstić information content (AvgIpc) is 2.96. The molecule has 29 heavy (non-hydrogen) atoms. The molecule has 4 rings (SSSR count). The number of rotatable bonds is 5. The van der Waals surface area contributed by atoms with Gasteiger partial charge in [0.1, 0.15) is 5.70 Å². The molecule has 0 radical (unpaired) electrons. The highest BCUT2D eigenvalue weighted by atomic mass is 35.5. The van der Waals surface area contributed by atoms with E-state index in [4.69, 9.17) is 11.6 Å². The van der Waals surface area contributed by atoms with Crippen LogP contribution in [0, 0.1) is 6.92 Å². The van der Waals surface area contributed by atoms with Gasteiger partial charge in [0.15, 0.2) is 0 Å². The quantitative estimate of drug-likeness (QED) is 0.640. The van der Waals surface area contributed by atoms with Crippen LogP contribution in [0.3, 0.4) is 0 Å². The van der Waals surface area contributed by atoms with Gasteiger partial charge in [0, 0.05) is 16.9 Å². The van der Waals surface area contributed by atoms with E-state index < -0.39 is 5.91 Å². The van der Waals surface area contributed by atoms with Crippen molar-refractivity contribution < 1.29 is 9.59 Å². The zero-order valence-electron chi connectivity index (χ0n) is 15.7. The Bertz CT molecular complexity index is 1110. The highest BCUT2D eigenvalue weighted by molar-refractivity contribution is 6.36. The number of hydrogen-bond acceptors (Lipinski definition) is 4. The van der Waals surface area contributed by atoms with E-state index in [0.29, 0.717) is 27.5 Å². The lowest BCUT2D eigenvalue weighted by Crippen LogP contribution is -2.32. The Morgan fingerprint density at radius 1 is 0.966 bits per heavy atom. The molecule has 2 amide bonds. The van der Waals surface area contributed by atoms with Crippen LogP contribution in [0.1, 0.15) is 16.8 Å². The lowest BCUT2D eigenvalue weighted by molar-refractivity contribution is -0.137. The molecule has 0 saturated heterocycles. The molecule has 0 spiro atoms. The third kappa shape index (κ3) is 3.77. The van der Waals surface area contributed by atoms with Crippen molar-refractivity contribution in [3.05, 3.63) is 100 Å². The molecule has 1 aromatic heterocycles. The third-order valence-corrected chi connectivity index (χ3v) is 5.13. The second-order valence-electron chi connectivity index (χ2n) is 6.72. The molecule has 0 saturated carbocycles. The van der Waals surface area contributed by atoms with Crippen molar-refractivity contribution in [2.75, 3.05) is 5.32 Å². The van der Waals surface area contributed by atoms with Crippen molar-refractivity contribution in [2.45, 2.75) is 13.5 Å². The van der Waals surface area contributed by atoms with Crippen LogP contribution in [0.2, 0.25) is 5.02 Å². The molecular weight excluding hydrogens is 386 g/mol. The van der Waals surface area contributed by atoms with Gasteiger partial charge in [-0.2, -0.15) is 0 Å². The van der Waals surface area contributed by atoms with E-state index in [0.717, 1.165) is 5.56 Å². The summed E-state index contributed by atoms with van der Waals surface area (Å²) < 4.78 is 0. The number of pyridine rings is 1. The number of anilines is 1. The number of hydrogen-bond donors (Lipinski definition) is 1. The van der Waals surface area contributed by atoms with Crippen molar-refractivity contribution in [3.8, 4) is 0 Å². The van der Waals surface area contributed by atoms with Crippen LogP contribution < -0.4 is 5.32 Å². The van der Waals surface area contributed by atoms with Gasteiger partial charge in [-0.15, -0.1) is 0 Å². The second kappa shape index (κ2) is 7.89. The van der Waals surface area contributed by atoms with Crippen molar-refractivity contribution in [1.82, 2.24) is 9.88 Å². The fourth-order valence-corrected chi connectivity index (χ4v) is 3.36. The first-order chi connectivity index (χ1) is 14.0. The molecule has 3 aromatic rings. The zero-order valence-corrected chi connectivity index (χ0v) is 16.5. The first-order valence-electron chi connectivity index (χ1n) is 9.13. The maximum atomic E-state index is 13.2. The molecule has 5 nitrogen and oxygen atoms in total. The summed E-state index contributed by atoms with van der Waals surface area (Å²) in [5.74, 6) is -0.747. The van der Waals surface area contributed by atoms with E-state index >= 15 is 0 Å². The zero-order chi connectivity index (χ0) is 20.4. The molecule has 0 atom stereocenters. The standard InChI is InChI=1S/C23H18ClN3O2/c1-15-10-11-17(13-19(15)24)26-21-20(16-7-3-2-4-8-16)22(28)27(23(21)29)14-18-9-5-6-12-25-18/h2-13,26H,14H2,1H3. The van der Waals surface area contributed by atoms with Crippen molar-refractivity contribution in [2.24, 2.45) is 0 Å². The maximum Gasteiger partial charge on any atom is 0.278 e. The van der Waals surface area contributed by atoms with Crippen LogP contribution >= 0.6 is 11.6 Å². The number of carbonyl (C=O) groups excluding carboxylic acids is 2. The molecule has 0 fully saturated rings. The molecule has 1 N–H and O–H groups in total. The fraction of sp³-hybridized carbons (Fsp3) is 0.0870. The molecule has 6 heteroatoms. The Morgan fingerprint density at radius 3 is 2.41 bits per heavy atom. The summed E-state index contributed by atoms with van der Waals surface area (Å²) in [6.45, 7) is 2.01. The first kappa shape index (κ1) is 18.9. The number of amides is 2. The number of aromatic nitrogens is 1. The van der Waals surface area contributed by atoms with Crippen molar-refractivity contribution in [1.29, 1.82) is 0 Å². The third-order valence-electron chi connectivity index (χ3n) is 4.72. The van der Waals surface area contributed by atoms with Gasteiger partial charge in [-0.25, -0.2) is 0 Å². The largest absolute Gasteiger partial charge is 0.350 e. The number of nitrogens with zero attached hydrogens (tertiary/aromatic N) is 2. The molecule has 144 valence electrons. The Kier molecular flexibility index (Phi) is 5.14. The van der Waals surface area contributed by atoms with E-state index in [-0.39, 0.29) is 18.1 Å². The van der Waals surface area contributed by atoms with Gasteiger partial charge < -0.3 is 5.32 Å². The minimum atomic E-state index is -0.392. The Labute approximate surface area is 173 Å². The average molecular weight is 404 g/mol. The molecule has 2 heterocycles. The topological polar surface area (TPSA) is 62.3 Å². The summed E-state index contributed by atoms with van der Waals surface area (Å²) in [6, 6.07) is 20.0. The summed E-state index contributed by atoms with van der Waals surface area (Å²) in [5.41, 5.74) is 3.46. The van der Waals surface area contributed by atoms with Gasteiger partial charge in [0.05, 0.1) is 17.8 Å². The summed E-state index contributed by atoms with van der Waals surface area (Å²) in [7, 11) is 0. The van der Waals surface area contributed by atoms with Crippen LogP contribution in [0.4, 0.5) is 5.69 Å². The van der Waals surface area contributed by atoms with Gasteiger partial charge in [-0.05, 0) is 42.3 Å². The monoisotopic (exact) mass is 403 g/mol. The van der Waals surface area contributed by atoms with Crippen molar-refractivity contribution >= 4 is 34.7 Å². The van der Waals surface area contributed by atoms with Gasteiger partial charge in [-0.3, -0.25) is 19.5 Å². The summed E-state index contributed by atoms with van der Waals surface area (Å²) in [5, 5.41) is 3.70. The Morgan fingerprint density at radius 2 is 1.72 bits per heavy atom. The molecule has 0 unspecified atom stereocenters. The van der Waals surface area contributed by atoms with Crippen molar-refractivity contribution in [3.63, 3.8) is 0 Å². The second-order valence-corrected chi connectivity index (χ2v) is 7.13. The van der Waals surface area contributed by atoms with Crippen LogP contribution in [0.25, 0.3) is 5.57 Å². The number of aryl methyl sites for hydroxylation is 1. The Hall–Kier alpha value is -3.44. The summed E-state index contributed by atoms with van der Waals surface area (Å²) in [6.07, 6.45) is 1.64. The number of benzene rings is 2. The minimum Gasteiger partial charge on any atom is -0.350 e. The maximum absolute atomic E-state index is 13.2. The number of halogens is 1. The van der Waals surface area contributed by atoms with E-state index in [9.17, 15) is 9.59 Å². The molecule has 0 aliphatic carbocycles. The first-order valence-corrected chi connectivity index (χ1v) is 9.51. The van der Waals surface area contributed by atoms with E-state index in [2.05, 4.69) is 10.3 Å². The lowest BCUT2D eigenvalue weighted by atomic mass is 10.0. The Balaban J connectivity index is 1.74. The number of imide groups is 1.